The first-order valence-corrected chi connectivity index (χ1v) is 17.1. The van der Waals surface area contributed by atoms with Gasteiger partial charge < -0.3 is 4.57 Å². The molecule has 0 N–H and O–H groups in total. The maximum Gasteiger partial charge on any atom is 0.0547 e. The molecule has 0 saturated carbocycles. The maximum absolute atomic E-state index is 2.49. The molecule has 0 saturated heterocycles. The molecule has 0 fully saturated rings. The molecule has 0 unspecified atom stereocenters. The average molecular weight is 624 g/mol. The van der Waals surface area contributed by atoms with Gasteiger partial charge >= 0.3 is 0 Å². The molecule has 1 heterocycles. The van der Waals surface area contributed by atoms with Gasteiger partial charge in [0.2, 0.25) is 0 Å². The van der Waals surface area contributed by atoms with Crippen molar-refractivity contribution in [2.75, 3.05) is 0 Å². The van der Waals surface area contributed by atoms with Crippen LogP contribution in [0.15, 0.2) is 164 Å². The smallest absolute Gasteiger partial charge is 0.0547 e. The summed E-state index contributed by atoms with van der Waals surface area (Å²) in [6.45, 7) is 4.39. The molecule has 0 amide bonds. The summed E-state index contributed by atoms with van der Waals surface area (Å²) < 4.78 is 2.49. The van der Waals surface area contributed by atoms with Gasteiger partial charge in [-0.3, -0.25) is 0 Å². The lowest BCUT2D eigenvalue weighted by molar-refractivity contribution is 1.18. The van der Waals surface area contributed by atoms with E-state index in [0.29, 0.717) is 0 Å². The summed E-state index contributed by atoms with van der Waals surface area (Å²) in [5.74, 6) is 0. The summed E-state index contributed by atoms with van der Waals surface area (Å²) in [5.41, 5.74) is 11.2. The number of aryl methyl sites for hydroxylation is 2. The highest BCUT2D eigenvalue weighted by atomic mass is 15.0. The van der Waals surface area contributed by atoms with Crippen LogP contribution < -0.4 is 0 Å². The van der Waals surface area contributed by atoms with Crippen molar-refractivity contribution in [1.29, 1.82) is 0 Å². The zero-order chi connectivity index (χ0) is 32.6. The predicted octanol–water partition coefficient (Wildman–Crippen LogP) is 13.3. The molecule has 0 bridgehead atoms. The zero-order valence-electron chi connectivity index (χ0n) is 27.5. The second-order valence-electron chi connectivity index (χ2n) is 13.5. The van der Waals surface area contributed by atoms with Crippen molar-refractivity contribution in [3.63, 3.8) is 0 Å². The molecule has 49 heavy (non-hydrogen) atoms. The number of benzene rings is 9. The van der Waals surface area contributed by atoms with E-state index in [-0.39, 0.29) is 0 Å². The quantitative estimate of drug-likeness (QED) is 0.173. The third-order valence-electron chi connectivity index (χ3n) is 10.4. The van der Waals surface area contributed by atoms with Crippen LogP contribution in [0.4, 0.5) is 0 Å². The fourth-order valence-electron chi connectivity index (χ4n) is 8.31. The highest BCUT2D eigenvalue weighted by Gasteiger charge is 2.20. The van der Waals surface area contributed by atoms with Gasteiger partial charge in [-0.1, -0.05) is 151 Å². The Hall–Kier alpha value is -6.18. The van der Waals surface area contributed by atoms with E-state index in [2.05, 4.69) is 182 Å². The van der Waals surface area contributed by atoms with Gasteiger partial charge in [0.1, 0.15) is 0 Å². The lowest BCUT2D eigenvalue weighted by Gasteiger charge is -2.18. The third kappa shape index (κ3) is 4.19. The van der Waals surface area contributed by atoms with Crippen LogP contribution in [0.2, 0.25) is 0 Å². The first-order valence-electron chi connectivity index (χ1n) is 17.1. The molecule has 230 valence electrons. The molecule has 0 atom stereocenters. The maximum atomic E-state index is 2.49. The lowest BCUT2D eigenvalue weighted by Crippen LogP contribution is -1.95. The van der Waals surface area contributed by atoms with Crippen molar-refractivity contribution in [1.82, 2.24) is 4.57 Å². The molecule has 10 aromatic rings. The van der Waals surface area contributed by atoms with Gasteiger partial charge in [-0.15, -0.1) is 0 Å². The van der Waals surface area contributed by atoms with Crippen molar-refractivity contribution in [2.45, 2.75) is 13.8 Å². The Morgan fingerprint density at radius 1 is 0.347 bits per heavy atom. The Morgan fingerprint density at radius 3 is 1.33 bits per heavy atom. The normalized spacial score (nSPS) is 11.9. The minimum Gasteiger partial charge on any atom is -0.309 e. The van der Waals surface area contributed by atoms with Gasteiger partial charge in [0.05, 0.1) is 11.0 Å². The molecule has 0 aliphatic heterocycles. The fraction of sp³-hybridized carbons (Fsp3) is 0.0417. The summed E-state index contributed by atoms with van der Waals surface area (Å²) in [4.78, 5) is 0. The van der Waals surface area contributed by atoms with E-state index in [0.717, 1.165) is 5.69 Å². The zero-order valence-corrected chi connectivity index (χ0v) is 27.5. The monoisotopic (exact) mass is 623 g/mol. The van der Waals surface area contributed by atoms with Crippen LogP contribution in [-0.2, 0) is 0 Å². The van der Waals surface area contributed by atoms with E-state index in [1.165, 1.54) is 98.3 Å². The minimum atomic E-state index is 1.16. The predicted molar refractivity (Wildman–Crippen MR) is 211 cm³/mol. The van der Waals surface area contributed by atoms with Crippen molar-refractivity contribution in [2.24, 2.45) is 0 Å². The fourth-order valence-corrected chi connectivity index (χ4v) is 8.31. The number of aromatic nitrogens is 1. The van der Waals surface area contributed by atoms with E-state index in [1.54, 1.807) is 0 Å². The van der Waals surface area contributed by atoms with E-state index in [9.17, 15) is 0 Å². The van der Waals surface area contributed by atoms with Crippen LogP contribution in [0.5, 0.6) is 0 Å². The van der Waals surface area contributed by atoms with Crippen LogP contribution >= 0.6 is 0 Å². The standard InChI is InChI=1S/C48H33N/c1-30-19-21-32-23-25-43-47(41(32)27-30)48-42-28-31(2)20-22-33(42)24-26-44(48)49(43)36-14-10-13-35(29-36)46-39-17-8-6-15-37(39)45(34-11-4-3-5-12-34)38-16-7-9-18-40(38)46/h3-29H,1-2H3. The van der Waals surface area contributed by atoms with Crippen molar-refractivity contribution in [3.8, 4) is 27.9 Å². The Kier molecular flexibility index (Phi) is 6.07. The van der Waals surface area contributed by atoms with E-state index >= 15 is 0 Å². The highest BCUT2D eigenvalue weighted by molar-refractivity contribution is 6.29. The second kappa shape index (κ2) is 10.7. The first kappa shape index (κ1) is 27.9. The van der Waals surface area contributed by atoms with Crippen molar-refractivity contribution >= 4 is 64.9 Å². The van der Waals surface area contributed by atoms with Gasteiger partial charge in [0.15, 0.2) is 0 Å². The summed E-state index contributed by atoms with van der Waals surface area (Å²) in [7, 11) is 0. The van der Waals surface area contributed by atoms with Crippen LogP contribution in [0.25, 0.3) is 92.8 Å². The number of hydrogen-bond donors (Lipinski definition) is 0. The van der Waals surface area contributed by atoms with Gasteiger partial charge in [0, 0.05) is 16.5 Å². The topological polar surface area (TPSA) is 4.93 Å². The largest absolute Gasteiger partial charge is 0.309 e. The average Bonchev–Trinajstić information content (AvgIpc) is 3.49. The Balaban J connectivity index is 1.31. The number of nitrogens with zero attached hydrogens (tertiary/aromatic N) is 1. The van der Waals surface area contributed by atoms with Gasteiger partial charge in [-0.2, -0.15) is 0 Å². The Labute approximate surface area is 285 Å². The second-order valence-corrected chi connectivity index (χ2v) is 13.5. The summed E-state index contributed by atoms with van der Waals surface area (Å²) in [6, 6.07) is 60.7. The molecule has 9 aromatic carbocycles. The summed E-state index contributed by atoms with van der Waals surface area (Å²) in [6.07, 6.45) is 0. The molecule has 0 aliphatic rings. The third-order valence-corrected chi connectivity index (χ3v) is 10.4. The van der Waals surface area contributed by atoms with Crippen LogP contribution in [0, 0.1) is 13.8 Å². The Morgan fingerprint density at radius 2 is 0.796 bits per heavy atom. The molecular formula is C48H33N. The van der Waals surface area contributed by atoms with Gasteiger partial charge in [0.25, 0.3) is 0 Å². The molecule has 1 heteroatoms. The molecule has 0 aliphatic carbocycles. The lowest BCUT2D eigenvalue weighted by atomic mass is 9.86. The minimum absolute atomic E-state index is 1.16. The summed E-state index contributed by atoms with van der Waals surface area (Å²) >= 11 is 0. The van der Waals surface area contributed by atoms with Crippen LogP contribution in [-0.4, -0.2) is 4.57 Å². The molecule has 1 nitrogen and oxygen atoms in total. The van der Waals surface area contributed by atoms with E-state index in [4.69, 9.17) is 0 Å². The van der Waals surface area contributed by atoms with Crippen LogP contribution in [0.3, 0.4) is 0 Å². The van der Waals surface area contributed by atoms with Crippen molar-refractivity contribution in [3.05, 3.63) is 175 Å². The molecule has 1 aromatic heterocycles. The first-order chi connectivity index (χ1) is 24.1. The Bertz CT molecular complexity index is 2790. The number of fused-ring (bicyclic) bond motifs is 9. The van der Waals surface area contributed by atoms with Crippen molar-refractivity contribution < 1.29 is 0 Å². The van der Waals surface area contributed by atoms with Crippen LogP contribution in [0.1, 0.15) is 11.1 Å². The number of hydrogen-bond acceptors (Lipinski definition) is 0. The van der Waals surface area contributed by atoms with E-state index < -0.39 is 0 Å². The highest BCUT2D eigenvalue weighted by Crippen LogP contribution is 2.45. The SMILES string of the molecule is Cc1ccc2ccc3c(c2c1)c1c2cc(C)ccc2ccc1n3-c1cccc(-c2c3ccccc3c(-c3ccccc3)c3ccccc23)c1. The molecular weight excluding hydrogens is 591 g/mol. The number of rotatable bonds is 3. The molecule has 0 spiro atoms. The van der Waals surface area contributed by atoms with Gasteiger partial charge in [-0.05, 0) is 103 Å². The van der Waals surface area contributed by atoms with E-state index in [1.807, 2.05) is 0 Å². The van der Waals surface area contributed by atoms with Gasteiger partial charge in [-0.25, -0.2) is 0 Å². The molecule has 10 rings (SSSR count). The molecule has 0 radical (unpaired) electrons. The summed E-state index contributed by atoms with van der Waals surface area (Å²) in [5, 5.41) is 12.9.